The lowest BCUT2D eigenvalue weighted by molar-refractivity contribution is -0.118. The summed E-state index contributed by atoms with van der Waals surface area (Å²) in [5, 5.41) is 2.91. The number of carbonyl (C=O) groups excluding carboxylic acids is 1. The summed E-state index contributed by atoms with van der Waals surface area (Å²) < 4.78 is 5.12. The Balaban J connectivity index is 2.49. The van der Waals surface area contributed by atoms with E-state index in [0.717, 1.165) is 0 Å². The van der Waals surface area contributed by atoms with E-state index in [-0.39, 0.29) is 17.9 Å². The van der Waals surface area contributed by atoms with Gasteiger partial charge in [-0.15, -0.1) is 0 Å². The number of nitrogens with two attached hydrogens (primary N) is 2. The minimum atomic E-state index is -0.336. The zero-order valence-electron chi connectivity index (χ0n) is 9.64. The van der Waals surface area contributed by atoms with Crippen LogP contribution in [0.4, 0.5) is 11.9 Å². The van der Waals surface area contributed by atoms with Crippen molar-refractivity contribution >= 4 is 17.8 Å². The zero-order chi connectivity index (χ0) is 12.7. The zero-order valence-corrected chi connectivity index (χ0v) is 9.64. The molecule has 17 heavy (non-hydrogen) atoms. The molecule has 1 aromatic rings. The van der Waals surface area contributed by atoms with E-state index in [0.29, 0.717) is 31.9 Å². The second kappa shape index (κ2) is 6.46. The normalized spacial score (nSPS) is 9.94. The fourth-order valence-corrected chi connectivity index (χ4v) is 1.11. The van der Waals surface area contributed by atoms with E-state index in [9.17, 15) is 4.79 Å². The number of ether oxygens (including phenoxy) is 1. The number of hydrogen-bond acceptors (Lipinski definition) is 7. The Kier molecular flexibility index (Phi) is 4.92. The number of aromatic nitrogens is 3. The number of hydrogen-bond donors (Lipinski definition) is 3. The van der Waals surface area contributed by atoms with Crippen LogP contribution in [0.5, 0.6) is 6.01 Å². The van der Waals surface area contributed by atoms with Gasteiger partial charge in [0.05, 0.1) is 6.61 Å². The first kappa shape index (κ1) is 12.9. The molecular formula is C9H16N6O2. The number of nitrogens with zero attached hydrogens (tertiary/aromatic N) is 3. The van der Waals surface area contributed by atoms with Crippen molar-refractivity contribution in [2.45, 2.75) is 19.8 Å². The van der Waals surface area contributed by atoms with Crippen LogP contribution in [0.25, 0.3) is 0 Å². The van der Waals surface area contributed by atoms with E-state index in [4.69, 9.17) is 16.2 Å². The van der Waals surface area contributed by atoms with Crippen molar-refractivity contribution in [3.8, 4) is 6.01 Å². The molecular weight excluding hydrogens is 224 g/mol. The van der Waals surface area contributed by atoms with Gasteiger partial charge in [-0.05, 0) is 13.3 Å². The van der Waals surface area contributed by atoms with Crippen LogP contribution in [0.15, 0.2) is 0 Å². The predicted molar refractivity (Wildman–Crippen MR) is 62.3 cm³/mol. The van der Waals surface area contributed by atoms with Gasteiger partial charge < -0.3 is 21.5 Å². The molecule has 0 aliphatic heterocycles. The molecule has 8 nitrogen and oxygen atoms in total. The molecule has 5 N–H and O–H groups in total. The summed E-state index contributed by atoms with van der Waals surface area (Å²) >= 11 is 0. The van der Waals surface area contributed by atoms with Crippen LogP contribution < -0.4 is 21.5 Å². The predicted octanol–water partition coefficient (Wildman–Crippen LogP) is -0.470. The lowest BCUT2D eigenvalue weighted by Crippen LogP contribution is -2.14. The summed E-state index contributed by atoms with van der Waals surface area (Å²) in [4.78, 5) is 22.2. The van der Waals surface area contributed by atoms with Gasteiger partial charge in [-0.1, -0.05) is 0 Å². The average Bonchev–Trinajstić information content (AvgIpc) is 2.24. The molecule has 0 saturated carbocycles. The third kappa shape index (κ3) is 4.96. The van der Waals surface area contributed by atoms with Gasteiger partial charge in [-0.25, -0.2) is 0 Å². The van der Waals surface area contributed by atoms with Crippen LogP contribution in [0.1, 0.15) is 19.8 Å². The minimum absolute atomic E-state index is 0.0841. The Morgan fingerprint density at radius 3 is 2.82 bits per heavy atom. The molecule has 0 unspecified atom stereocenters. The molecule has 94 valence electrons. The van der Waals surface area contributed by atoms with Gasteiger partial charge in [0, 0.05) is 13.0 Å². The standard InChI is InChI=1S/C9H16N6O2/c1-2-17-9-14-7(11)13-8(15-9)12-5-3-4-6(10)16/h2-5H2,1H3,(H2,10,16)(H3,11,12,13,14,15). The number of nitrogens with one attached hydrogen (secondary N) is 1. The van der Waals surface area contributed by atoms with E-state index in [2.05, 4.69) is 20.3 Å². The fourth-order valence-electron chi connectivity index (χ4n) is 1.11. The Labute approximate surface area is 98.8 Å². The fraction of sp³-hybridized carbons (Fsp3) is 0.556. The first-order chi connectivity index (χ1) is 8.11. The summed E-state index contributed by atoms with van der Waals surface area (Å²) in [6.07, 6.45) is 0.913. The first-order valence-electron chi connectivity index (χ1n) is 5.28. The molecule has 0 fully saturated rings. The Hall–Kier alpha value is -2.12. The van der Waals surface area contributed by atoms with Crippen molar-refractivity contribution in [3.05, 3.63) is 0 Å². The number of nitrogen functional groups attached to an aromatic ring is 1. The topological polar surface area (TPSA) is 129 Å². The van der Waals surface area contributed by atoms with Gasteiger partial charge in [-0.3, -0.25) is 4.79 Å². The van der Waals surface area contributed by atoms with Crippen LogP contribution >= 0.6 is 0 Å². The Bertz CT molecular complexity index is 384. The van der Waals surface area contributed by atoms with Crippen molar-refractivity contribution in [3.63, 3.8) is 0 Å². The molecule has 0 bridgehead atoms. The van der Waals surface area contributed by atoms with E-state index in [1.807, 2.05) is 6.92 Å². The monoisotopic (exact) mass is 240 g/mol. The van der Waals surface area contributed by atoms with Gasteiger partial charge >= 0.3 is 6.01 Å². The summed E-state index contributed by atoms with van der Waals surface area (Å²) in [5.41, 5.74) is 10.5. The summed E-state index contributed by atoms with van der Waals surface area (Å²) in [7, 11) is 0. The van der Waals surface area contributed by atoms with Crippen molar-refractivity contribution in [1.82, 2.24) is 15.0 Å². The van der Waals surface area contributed by atoms with Gasteiger partial charge in [0.1, 0.15) is 0 Å². The third-order valence-corrected chi connectivity index (χ3v) is 1.79. The van der Waals surface area contributed by atoms with Crippen LogP contribution in [-0.4, -0.2) is 34.0 Å². The van der Waals surface area contributed by atoms with E-state index in [1.54, 1.807) is 0 Å². The number of rotatable bonds is 7. The number of anilines is 2. The van der Waals surface area contributed by atoms with Crippen LogP contribution in [0, 0.1) is 0 Å². The van der Waals surface area contributed by atoms with Crippen LogP contribution in [0.2, 0.25) is 0 Å². The molecule has 0 saturated heterocycles. The molecule has 0 aliphatic carbocycles. The van der Waals surface area contributed by atoms with Gasteiger partial charge in [0.25, 0.3) is 0 Å². The van der Waals surface area contributed by atoms with Crippen molar-refractivity contribution < 1.29 is 9.53 Å². The summed E-state index contributed by atoms with van der Waals surface area (Å²) in [5.74, 6) is 0.0724. The summed E-state index contributed by atoms with van der Waals surface area (Å²) in [6.45, 7) is 2.79. The molecule has 1 aromatic heterocycles. The van der Waals surface area contributed by atoms with Gasteiger partial charge in [0.15, 0.2) is 0 Å². The second-order valence-electron chi connectivity index (χ2n) is 3.23. The Morgan fingerprint density at radius 1 is 1.41 bits per heavy atom. The molecule has 1 rings (SSSR count). The molecule has 0 aromatic carbocycles. The highest BCUT2D eigenvalue weighted by molar-refractivity contribution is 5.73. The third-order valence-electron chi connectivity index (χ3n) is 1.79. The number of amides is 1. The molecule has 1 heterocycles. The second-order valence-corrected chi connectivity index (χ2v) is 3.23. The van der Waals surface area contributed by atoms with Crippen LogP contribution in [-0.2, 0) is 4.79 Å². The molecule has 1 amide bonds. The van der Waals surface area contributed by atoms with Gasteiger partial charge in [0.2, 0.25) is 17.8 Å². The van der Waals surface area contributed by atoms with E-state index in [1.165, 1.54) is 0 Å². The number of primary amides is 1. The highest BCUT2D eigenvalue weighted by Crippen LogP contribution is 2.08. The lowest BCUT2D eigenvalue weighted by Gasteiger charge is -2.06. The van der Waals surface area contributed by atoms with Gasteiger partial charge in [-0.2, -0.15) is 15.0 Å². The smallest absolute Gasteiger partial charge is 0.323 e. The minimum Gasteiger partial charge on any atom is -0.464 e. The van der Waals surface area contributed by atoms with Crippen LogP contribution in [0.3, 0.4) is 0 Å². The highest BCUT2D eigenvalue weighted by Gasteiger charge is 2.04. The maximum atomic E-state index is 10.5. The van der Waals surface area contributed by atoms with Crippen molar-refractivity contribution in [2.75, 3.05) is 24.2 Å². The molecule has 8 heteroatoms. The maximum Gasteiger partial charge on any atom is 0.323 e. The summed E-state index contributed by atoms with van der Waals surface area (Å²) in [6, 6.07) is 0.178. The molecule has 0 radical (unpaired) electrons. The average molecular weight is 240 g/mol. The SMILES string of the molecule is CCOc1nc(N)nc(NCCCC(N)=O)n1. The largest absolute Gasteiger partial charge is 0.464 e. The lowest BCUT2D eigenvalue weighted by atomic mass is 10.3. The highest BCUT2D eigenvalue weighted by atomic mass is 16.5. The van der Waals surface area contributed by atoms with Crippen molar-refractivity contribution in [1.29, 1.82) is 0 Å². The van der Waals surface area contributed by atoms with Crippen molar-refractivity contribution in [2.24, 2.45) is 5.73 Å². The van der Waals surface area contributed by atoms with E-state index < -0.39 is 0 Å². The maximum absolute atomic E-state index is 10.5. The molecule has 0 atom stereocenters. The van der Waals surface area contributed by atoms with E-state index >= 15 is 0 Å². The quantitative estimate of drug-likeness (QED) is 0.549. The first-order valence-corrected chi connectivity index (χ1v) is 5.28. The Morgan fingerprint density at radius 2 is 2.18 bits per heavy atom. The number of carbonyl (C=O) groups is 1. The molecule has 0 aliphatic rings. The molecule has 0 spiro atoms.